The van der Waals surface area contributed by atoms with Gasteiger partial charge in [0.05, 0.1) is 6.04 Å². The second-order valence-electron chi connectivity index (χ2n) is 6.04. The number of hydrogen-bond acceptors (Lipinski definition) is 3. The van der Waals surface area contributed by atoms with E-state index in [9.17, 15) is 14.0 Å². The molecule has 6 heteroatoms. The predicted octanol–water partition coefficient (Wildman–Crippen LogP) is 3.38. The monoisotopic (exact) mass is 351 g/mol. The van der Waals surface area contributed by atoms with Gasteiger partial charge < -0.3 is 10.3 Å². The van der Waals surface area contributed by atoms with Crippen LogP contribution in [0.15, 0.2) is 59.4 Å². The van der Waals surface area contributed by atoms with Crippen LogP contribution in [0.4, 0.5) is 4.39 Å². The minimum atomic E-state index is -0.418. The Kier molecular flexibility index (Phi) is 4.93. The summed E-state index contributed by atoms with van der Waals surface area (Å²) in [5, 5.41) is 2.84. The quantitative estimate of drug-likeness (QED) is 0.757. The topological polar surface area (TPSA) is 74.8 Å². The molecule has 1 amide bonds. The zero-order chi connectivity index (χ0) is 18.7. The van der Waals surface area contributed by atoms with Crippen LogP contribution in [0.3, 0.4) is 0 Å². The third-order valence-electron chi connectivity index (χ3n) is 4.00. The molecule has 132 valence electrons. The van der Waals surface area contributed by atoms with Gasteiger partial charge in [-0.25, -0.2) is 9.37 Å². The van der Waals surface area contributed by atoms with Crippen LogP contribution in [0.25, 0.3) is 11.1 Å². The largest absolute Gasteiger partial charge is 0.344 e. The second-order valence-corrected chi connectivity index (χ2v) is 6.04. The number of aromatic amines is 1. The highest BCUT2D eigenvalue weighted by Gasteiger charge is 2.14. The summed E-state index contributed by atoms with van der Waals surface area (Å²) in [6, 6.07) is 14.8. The molecule has 0 bridgehead atoms. The Morgan fingerprint density at radius 1 is 1.12 bits per heavy atom. The maximum atomic E-state index is 13.1. The van der Waals surface area contributed by atoms with Crippen LogP contribution < -0.4 is 10.9 Å². The Hall–Kier alpha value is -3.28. The summed E-state index contributed by atoms with van der Waals surface area (Å²) in [7, 11) is 0. The number of H-pyrrole nitrogens is 1. The Morgan fingerprint density at radius 3 is 2.54 bits per heavy atom. The van der Waals surface area contributed by atoms with Crippen molar-refractivity contribution in [3.8, 4) is 11.1 Å². The van der Waals surface area contributed by atoms with E-state index in [0.29, 0.717) is 5.82 Å². The molecule has 0 aliphatic carbocycles. The van der Waals surface area contributed by atoms with Crippen molar-refractivity contribution in [2.75, 3.05) is 0 Å². The van der Waals surface area contributed by atoms with Gasteiger partial charge >= 0.3 is 0 Å². The van der Waals surface area contributed by atoms with E-state index in [2.05, 4.69) is 15.3 Å². The minimum absolute atomic E-state index is 0.0767. The summed E-state index contributed by atoms with van der Waals surface area (Å²) in [5.74, 6) is -0.321. The molecule has 2 aromatic carbocycles. The first-order valence-corrected chi connectivity index (χ1v) is 8.17. The fraction of sp³-hybridized carbons (Fsp3) is 0.150. The molecule has 0 radical (unpaired) electrons. The highest BCUT2D eigenvalue weighted by atomic mass is 19.1. The smallest absolute Gasteiger partial charge is 0.270 e. The van der Waals surface area contributed by atoms with E-state index in [1.165, 1.54) is 18.2 Å². The summed E-state index contributed by atoms with van der Waals surface area (Å²) in [5.41, 5.74) is 2.41. The first-order chi connectivity index (χ1) is 12.4. The third-order valence-corrected chi connectivity index (χ3v) is 4.00. The summed E-state index contributed by atoms with van der Waals surface area (Å²) in [4.78, 5) is 30.4. The molecule has 1 unspecified atom stereocenters. The highest BCUT2D eigenvalue weighted by molar-refractivity contribution is 5.92. The number of amides is 1. The molecule has 0 aliphatic rings. The van der Waals surface area contributed by atoms with E-state index < -0.39 is 5.91 Å². The van der Waals surface area contributed by atoms with Gasteiger partial charge in [-0.05, 0) is 48.7 Å². The average molecular weight is 351 g/mol. The zero-order valence-corrected chi connectivity index (χ0v) is 14.4. The lowest BCUT2D eigenvalue weighted by molar-refractivity contribution is 0.0934. The van der Waals surface area contributed by atoms with Crippen LogP contribution >= 0.6 is 0 Å². The van der Waals surface area contributed by atoms with E-state index >= 15 is 0 Å². The van der Waals surface area contributed by atoms with Gasteiger partial charge in [0, 0.05) is 6.07 Å². The maximum Gasteiger partial charge on any atom is 0.270 e. The van der Waals surface area contributed by atoms with Crippen LogP contribution in [0.5, 0.6) is 0 Å². The summed E-state index contributed by atoms with van der Waals surface area (Å²) < 4.78 is 13.1. The molecule has 3 aromatic rings. The maximum absolute atomic E-state index is 13.1. The summed E-state index contributed by atoms with van der Waals surface area (Å²) >= 11 is 0. The number of nitrogens with zero attached hydrogens (tertiary/aromatic N) is 1. The van der Waals surface area contributed by atoms with Crippen LogP contribution in [0.2, 0.25) is 0 Å². The molecule has 26 heavy (non-hydrogen) atoms. The van der Waals surface area contributed by atoms with Crippen molar-refractivity contribution in [1.82, 2.24) is 15.3 Å². The number of aryl methyl sites for hydroxylation is 1. The number of halogens is 1. The van der Waals surface area contributed by atoms with E-state index in [4.69, 9.17) is 0 Å². The Labute approximate surface area is 149 Å². The number of rotatable bonds is 4. The lowest BCUT2D eigenvalue weighted by atomic mass is 10.00. The second kappa shape index (κ2) is 7.31. The lowest BCUT2D eigenvalue weighted by Gasteiger charge is -2.15. The molecular formula is C20H18FN3O2. The van der Waals surface area contributed by atoms with Gasteiger partial charge in [0.1, 0.15) is 17.3 Å². The van der Waals surface area contributed by atoms with Gasteiger partial charge in [-0.1, -0.05) is 30.3 Å². The molecule has 0 spiro atoms. The number of carbonyl (C=O) groups excluding carboxylic acids is 1. The van der Waals surface area contributed by atoms with E-state index in [1.54, 1.807) is 19.1 Å². The third kappa shape index (κ3) is 4.03. The van der Waals surface area contributed by atoms with Gasteiger partial charge in [-0.2, -0.15) is 0 Å². The molecule has 5 nitrogen and oxygen atoms in total. The number of aromatic nitrogens is 2. The Balaban J connectivity index is 1.80. The van der Waals surface area contributed by atoms with Crippen molar-refractivity contribution in [3.63, 3.8) is 0 Å². The summed E-state index contributed by atoms with van der Waals surface area (Å²) in [6.45, 7) is 3.47. The molecule has 1 aromatic heterocycles. The van der Waals surface area contributed by atoms with E-state index in [1.807, 2.05) is 31.2 Å². The van der Waals surface area contributed by atoms with Gasteiger partial charge in [0.15, 0.2) is 0 Å². The molecular weight excluding hydrogens is 333 g/mol. The number of hydrogen-bond donors (Lipinski definition) is 2. The number of benzene rings is 2. The van der Waals surface area contributed by atoms with Crippen LogP contribution in [-0.4, -0.2) is 15.9 Å². The SMILES string of the molecule is Cc1nc(C(=O)NC(C)c2cccc(-c3ccc(F)cc3)c2)cc(=O)[nH]1. The fourth-order valence-electron chi connectivity index (χ4n) is 2.68. The lowest BCUT2D eigenvalue weighted by Crippen LogP contribution is -2.29. The zero-order valence-electron chi connectivity index (χ0n) is 14.4. The molecule has 0 fully saturated rings. The Morgan fingerprint density at radius 2 is 1.85 bits per heavy atom. The first kappa shape index (κ1) is 17.5. The van der Waals surface area contributed by atoms with Crippen molar-refractivity contribution < 1.29 is 9.18 Å². The van der Waals surface area contributed by atoms with Crippen LogP contribution in [-0.2, 0) is 0 Å². The molecule has 1 heterocycles. The fourth-order valence-corrected chi connectivity index (χ4v) is 2.68. The molecule has 0 saturated heterocycles. The number of nitrogens with one attached hydrogen (secondary N) is 2. The van der Waals surface area contributed by atoms with E-state index in [-0.39, 0.29) is 23.1 Å². The predicted molar refractivity (Wildman–Crippen MR) is 97.3 cm³/mol. The molecule has 1 atom stereocenters. The van der Waals surface area contributed by atoms with Gasteiger partial charge in [-0.15, -0.1) is 0 Å². The Bertz CT molecular complexity index is 996. The standard InChI is InChI=1S/C20H18FN3O2/c1-12(22-20(26)18-11-19(25)24-13(2)23-18)15-4-3-5-16(10-15)14-6-8-17(21)9-7-14/h3-12H,1-2H3,(H,22,26)(H,23,24,25). The van der Waals surface area contributed by atoms with Crippen molar-refractivity contribution in [2.45, 2.75) is 19.9 Å². The van der Waals surface area contributed by atoms with Crippen molar-refractivity contribution in [3.05, 3.63) is 87.9 Å². The van der Waals surface area contributed by atoms with Gasteiger partial charge in [0.25, 0.3) is 11.5 Å². The molecule has 0 aliphatic heterocycles. The minimum Gasteiger partial charge on any atom is -0.344 e. The summed E-state index contributed by atoms with van der Waals surface area (Å²) in [6.07, 6.45) is 0. The molecule has 3 rings (SSSR count). The van der Waals surface area contributed by atoms with Crippen molar-refractivity contribution >= 4 is 5.91 Å². The van der Waals surface area contributed by atoms with Crippen molar-refractivity contribution in [1.29, 1.82) is 0 Å². The van der Waals surface area contributed by atoms with Gasteiger partial charge in [0.2, 0.25) is 0 Å². The van der Waals surface area contributed by atoms with Gasteiger partial charge in [-0.3, -0.25) is 9.59 Å². The normalized spacial score (nSPS) is 11.8. The molecule has 0 saturated carbocycles. The van der Waals surface area contributed by atoms with Crippen LogP contribution in [0, 0.1) is 12.7 Å². The van der Waals surface area contributed by atoms with Crippen molar-refractivity contribution in [2.24, 2.45) is 0 Å². The highest BCUT2D eigenvalue weighted by Crippen LogP contribution is 2.23. The number of carbonyl (C=O) groups is 1. The first-order valence-electron chi connectivity index (χ1n) is 8.17. The molecule has 2 N–H and O–H groups in total. The average Bonchev–Trinajstić information content (AvgIpc) is 2.61. The van der Waals surface area contributed by atoms with E-state index in [0.717, 1.165) is 16.7 Å². The van der Waals surface area contributed by atoms with Crippen LogP contribution in [0.1, 0.15) is 34.8 Å².